The number of nitrogens with zero attached hydrogens (tertiary/aromatic N) is 4. The first-order chi connectivity index (χ1) is 20.3. The average Bonchev–Trinajstić information content (AvgIpc) is 3.28. The fourth-order valence-corrected chi connectivity index (χ4v) is 5.22. The maximum Gasteiger partial charge on any atom is 0.536 e. The van der Waals surface area contributed by atoms with Crippen molar-refractivity contribution in [2.45, 2.75) is 27.7 Å². The van der Waals surface area contributed by atoms with Gasteiger partial charge in [0.1, 0.15) is 6.21 Å². The van der Waals surface area contributed by atoms with Crippen LogP contribution in [-0.2, 0) is 31.2 Å². The second-order valence-corrected chi connectivity index (χ2v) is 12.0. The summed E-state index contributed by atoms with van der Waals surface area (Å²) in [4.78, 5) is 2.38. The van der Waals surface area contributed by atoms with Gasteiger partial charge in [-0.1, -0.05) is 51.0 Å². The zero-order chi connectivity index (χ0) is 34.3. The van der Waals surface area contributed by atoms with E-state index in [1.807, 2.05) is 12.1 Å². The SMILES string of the molecule is C#Cc1ccc(N(S(=O)(=O)F)S(=O)(=O)F)cc1.C#Cc1ccc(N)cc1.C=[N+]1[CH-]C=[N+](S(=O)(=O)F)[C-]1C.CCN(CC)CC. The van der Waals surface area contributed by atoms with Crippen LogP contribution in [0.1, 0.15) is 38.8 Å². The summed E-state index contributed by atoms with van der Waals surface area (Å²) in [7, 11) is -16.2. The van der Waals surface area contributed by atoms with Gasteiger partial charge < -0.3 is 15.2 Å². The van der Waals surface area contributed by atoms with E-state index < -0.39 is 40.6 Å². The minimum absolute atomic E-state index is 0.215. The van der Waals surface area contributed by atoms with Gasteiger partial charge in [0.2, 0.25) is 6.17 Å². The van der Waals surface area contributed by atoms with Crippen molar-refractivity contribution >= 4 is 55.5 Å². The summed E-state index contributed by atoms with van der Waals surface area (Å²) in [5, 5.41) is 0. The van der Waals surface area contributed by atoms with E-state index in [0.717, 1.165) is 41.7 Å². The largest absolute Gasteiger partial charge is 0.536 e. The molecule has 17 heteroatoms. The first-order valence-electron chi connectivity index (χ1n) is 12.4. The van der Waals surface area contributed by atoms with Crippen LogP contribution in [0.2, 0.25) is 0 Å². The van der Waals surface area contributed by atoms with Crippen molar-refractivity contribution in [1.29, 1.82) is 0 Å². The standard InChI is InChI=1S/C8H5F2NO4S2.C8H7N.C6H15N.C5H7FN2O2S/c1-2-7-3-5-8(6-4-7)11(16(9,12)13)17(10,14)15;1-2-7-3-5-8(9)6-4-7;1-4-7(5-2)6-3;1-5-7(2)3-4-8(5)11(6,9)10/h1,3-6H;1,3-6H,9H2;4-6H2,1-3H3;3-4H,2H2,1H3. The van der Waals surface area contributed by atoms with Crippen molar-refractivity contribution in [3.63, 3.8) is 0 Å². The topological polar surface area (TPSA) is 141 Å². The molecule has 2 aromatic carbocycles. The van der Waals surface area contributed by atoms with Gasteiger partial charge in [0.25, 0.3) is 0 Å². The minimum Gasteiger partial charge on any atom is -0.434 e. The van der Waals surface area contributed by atoms with Crippen LogP contribution in [0.25, 0.3) is 0 Å². The smallest absolute Gasteiger partial charge is 0.434 e. The zero-order valence-electron chi connectivity index (χ0n) is 24.4. The Balaban J connectivity index is 0.000000594. The Morgan fingerprint density at radius 2 is 1.23 bits per heavy atom. The van der Waals surface area contributed by atoms with E-state index in [4.69, 9.17) is 18.6 Å². The monoisotopic (exact) mass is 677 g/mol. The molecule has 0 spiro atoms. The van der Waals surface area contributed by atoms with E-state index >= 15 is 0 Å². The average molecular weight is 678 g/mol. The van der Waals surface area contributed by atoms with Crippen LogP contribution in [0.5, 0.6) is 0 Å². The van der Waals surface area contributed by atoms with Crippen LogP contribution in [-0.4, -0.2) is 71.3 Å². The molecule has 0 fully saturated rings. The summed E-state index contributed by atoms with van der Waals surface area (Å²) in [6.07, 6.45) is 11.4. The van der Waals surface area contributed by atoms with Crippen LogP contribution in [0, 0.1) is 37.4 Å². The molecule has 0 bridgehead atoms. The zero-order valence-corrected chi connectivity index (χ0v) is 26.9. The molecule has 242 valence electrons. The molecule has 0 aliphatic carbocycles. The highest BCUT2D eigenvalue weighted by Crippen LogP contribution is 2.24. The summed E-state index contributed by atoms with van der Waals surface area (Å²) >= 11 is 0. The molecule has 2 N–H and O–H groups in total. The molecule has 44 heavy (non-hydrogen) atoms. The third-order valence-electron chi connectivity index (χ3n) is 5.41. The number of halogens is 3. The summed E-state index contributed by atoms with van der Waals surface area (Å²) in [5.41, 5.74) is 6.60. The normalized spacial score (nSPS) is 12.5. The van der Waals surface area contributed by atoms with Gasteiger partial charge in [0.15, 0.2) is 0 Å². The third kappa shape index (κ3) is 13.9. The fourth-order valence-electron chi connectivity index (χ4n) is 3.00. The molecule has 1 aliphatic rings. The Kier molecular flexibility index (Phi) is 16.1. The number of anilines is 2. The lowest BCUT2D eigenvalue weighted by Crippen LogP contribution is -2.31. The van der Waals surface area contributed by atoms with E-state index in [2.05, 4.69) is 44.2 Å². The molecule has 0 amide bonds. The van der Waals surface area contributed by atoms with E-state index in [-0.39, 0.29) is 6.17 Å². The first-order valence-corrected chi connectivity index (χ1v) is 16.4. The summed E-state index contributed by atoms with van der Waals surface area (Å²) in [6, 6.07) is 11.2. The first kappa shape index (κ1) is 39.8. The van der Waals surface area contributed by atoms with Crippen molar-refractivity contribution < 1.29 is 45.5 Å². The molecule has 0 saturated carbocycles. The number of terminal acetylenes is 2. The van der Waals surface area contributed by atoms with Gasteiger partial charge in [0, 0.05) is 23.4 Å². The van der Waals surface area contributed by atoms with Crippen molar-refractivity contribution in [3.05, 3.63) is 72.4 Å². The second-order valence-electron chi connectivity index (χ2n) is 8.21. The molecule has 1 aliphatic heterocycles. The Hall–Kier alpha value is -4.16. The van der Waals surface area contributed by atoms with Gasteiger partial charge >= 0.3 is 31.2 Å². The highest BCUT2D eigenvalue weighted by Gasteiger charge is 2.34. The second kappa shape index (κ2) is 17.8. The molecule has 2 aromatic rings. The van der Waals surface area contributed by atoms with Gasteiger partial charge in [-0.15, -0.1) is 29.0 Å². The number of hydrogen-bond donors (Lipinski definition) is 1. The van der Waals surface area contributed by atoms with Crippen molar-refractivity contribution in [2.75, 3.05) is 29.1 Å². The van der Waals surface area contributed by atoms with Crippen LogP contribution in [0.15, 0.2) is 48.5 Å². The number of benzene rings is 2. The Morgan fingerprint density at radius 1 is 0.841 bits per heavy atom. The Labute approximate surface area is 259 Å². The molecular formula is C27H34F3N5O6S3. The number of hydrogen-bond acceptors (Lipinski definition) is 8. The van der Waals surface area contributed by atoms with Gasteiger partial charge in [-0.3, -0.25) is 0 Å². The third-order valence-corrected chi connectivity index (χ3v) is 8.55. The molecule has 0 atom stereocenters. The molecule has 0 radical (unpaired) electrons. The minimum atomic E-state index is -5.78. The molecule has 0 aromatic heterocycles. The number of nitrogen functional groups attached to an aromatic ring is 1. The van der Waals surface area contributed by atoms with Crippen LogP contribution in [0.3, 0.4) is 0 Å². The van der Waals surface area contributed by atoms with Crippen molar-refractivity contribution in [1.82, 2.24) is 4.90 Å². The molecule has 1 heterocycles. The van der Waals surface area contributed by atoms with Gasteiger partial charge in [-0.2, -0.15) is 16.8 Å². The van der Waals surface area contributed by atoms with E-state index in [1.165, 1.54) is 37.7 Å². The molecule has 0 saturated heterocycles. The maximum absolute atomic E-state index is 12.7. The van der Waals surface area contributed by atoms with Crippen molar-refractivity contribution in [2.24, 2.45) is 0 Å². The lowest BCUT2D eigenvalue weighted by molar-refractivity contribution is -0.585. The molecular weight excluding hydrogens is 644 g/mol. The fraction of sp³-hybridized carbons (Fsp3) is 0.259. The lowest BCUT2D eigenvalue weighted by Gasteiger charge is -2.13. The Morgan fingerprint density at radius 3 is 1.45 bits per heavy atom. The Bertz CT molecular complexity index is 1640. The number of rotatable bonds is 7. The van der Waals surface area contributed by atoms with Gasteiger partial charge in [-0.05, 0) is 75.1 Å². The van der Waals surface area contributed by atoms with E-state index in [1.54, 1.807) is 12.1 Å². The van der Waals surface area contributed by atoms with Crippen LogP contribution >= 0.6 is 0 Å². The van der Waals surface area contributed by atoms with Gasteiger partial charge in [-0.25, -0.2) is 0 Å². The summed E-state index contributed by atoms with van der Waals surface area (Å²) in [6.45, 7) is 16.3. The highest BCUT2D eigenvalue weighted by molar-refractivity contribution is 8.05. The van der Waals surface area contributed by atoms with Crippen LogP contribution < -0.4 is 9.44 Å². The van der Waals surface area contributed by atoms with E-state index in [9.17, 15) is 36.9 Å². The quantitative estimate of drug-likeness (QED) is 0.155. The van der Waals surface area contributed by atoms with Gasteiger partial charge in [0.05, 0.1) is 5.69 Å². The maximum atomic E-state index is 12.7. The molecule has 11 nitrogen and oxygen atoms in total. The number of nitrogens with two attached hydrogens (primary N) is 1. The highest BCUT2D eigenvalue weighted by atomic mass is 32.3. The lowest BCUT2D eigenvalue weighted by atomic mass is 10.2. The summed E-state index contributed by atoms with van der Waals surface area (Å²) < 4.78 is 101. The van der Waals surface area contributed by atoms with E-state index in [0.29, 0.717) is 9.54 Å². The molecule has 3 rings (SSSR count). The van der Waals surface area contributed by atoms with Crippen molar-refractivity contribution in [3.8, 4) is 24.7 Å². The van der Waals surface area contributed by atoms with Crippen LogP contribution in [0.4, 0.5) is 23.0 Å². The molecule has 0 unspecified atom stereocenters. The summed E-state index contributed by atoms with van der Waals surface area (Å²) in [5.74, 6) is 4.66. The predicted molar refractivity (Wildman–Crippen MR) is 166 cm³/mol. The predicted octanol–water partition coefficient (Wildman–Crippen LogP) is 3.18.